The number of nitrogens with zero attached hydrogens (tertiary/aromatic N) is 1. The molecule has 2 aromatic rings. The van der Waals surface area contributed by atoms with Crippen LogP contribution in [0.15, 0.2) is 58.7 Å². The third kappa shape index (κ3) is 4.85. The van der Waals surface area contributed by atoms with Gasteiger partial charge in [0.1, 0.15) is 11.6 Å². The van der Waals surface area contributed by atoms with Crippen molar-refractivity contribution in [1.82, 2.24) is 0 Å². The first kappa shape index (κ1) is 17.1. The first-order valence-corrected chi connectivity index (χ1v) is 7.86. The van der Waals surface area contributed by atoms with E-state index in [9.17, 15) is 4.79 Å². The molecule has 0 atom stereocenters. The lowest BCUT2D eigenvalue weighted by atomic mass is 10.2. The number of carbonyl (C=O) groups excluding carboxylic acids is 1. The van der Waals surface area contributed by atoms with Crippen molar-refractivity contribution in [3.8, 4) is 6.07 Å². The maximum atomic E-state index is 12.1. The van der Waals surface area contributed by atoms with Gasteiger partial charge in [-0.3, -0.25) is 4.79 Å². The van der Waals surface area contributed by atoms with Gasteiger partial charge < -0.3 is 10.6 Å². The van der Waals surface area contributed by atoms with E-state index in [0.29, 0.717) is 10.7 Å². The fraction of sp³-hybridized carbons (Fsp3) is 0.0588. The summed E-state index contributed by atoms with van der Waals surface area (Å²) < 4.78 is 0.851. The fourth-order valence-electron chi connectivity index (χ4n) is 1.77. The number of nitrogens with one attached hydrogen (secondary N) is 2. The SMILES string of the molecule is Cc1ccc(N/C=C(/C#N)C(=O)Nc2ccc(Cl)cc2)c(Br)c1. The summed E-state index contributed by atoms with van der Waals surface area (Å²) in [6.45, 7) is 1.98. The summed E-state index contributed by atoms with van der Waals surface area (Å²) in [7, 11) is 0. The molecule has 0 saturated heterocycles. The Morgan fingerprint density at radius 2 is 1.96 bits per heavy atom. The van der Waals surface area contributed by atoms with Crippen LogP contribution in [0.3, 0.4) is 0 Å². The number of anilines is 2. The molecule has 0 bridgehead atoms. The number of rotatable bonds is 4. The van der Waals surface area contributed by atoms with Gasteiger partial charge >= 0.3 is 0 Å². The number of halogens is 2. The van der Waals surface area contributed by atoms with Crippen LogP contribution in [-0.4, -0.2) is 5.91 Å². The van der Waals surface area contributed by atoms with Crippen molar-refractivity contribution in [2.24, 2.45) is 0 Å². The van der Waals surface area contributed by atoms with Crippen molar-refractivity contribution in [2.45, 2.75) is 6.92 Å². The number of carbonyl (C=O) groups is 1. The van der Waals surface area contributed by atoms with Gasteiger partial charge in [0, 0.05) is 21.4 Å². The van der Waals surface area contributed by atoms with E-state index in [4.69, 9.17) is 16.9 Å². The lowest BCUT2D eigenvalue weighted by molar-refractivity contribution is -0.112. The van der Waals surface area contributed by atoms with Crippen LogP contribution in [0.1, 0.15) is 5.56 Å². The molecule has 2 rings (SSSR count). The molecule has 0 saturated carbocycles. The van der Waals surface area contributed by atoms with E-state index in [1.807, 2.05) is 31.2 Å². The first-order valence-electron chi connectivity index (χ1n) is 6.69. The number of amides is 1. The molecule has 6 heteroatoms. The Morgan fingerprint density at radius 1 is 1.26 bits per heavy atom. The molecule has 4 nitrogen and oxygen atoms in total. The van der Waals surface area contributed by atoms with Crippen LogP contribution in [0.5, 0.6) is 0 Å². The van der Waals surface area contributed by atoms with Gasteiger partial charge in [-0.05, 0) is 64.8 Å². The van der Waals surface area contributed by atoms with E-state index in [1.165, 1.54) is 6.20 Å². The lowest BCUT2D eigenvalue weighted by Crippen LogP contribution is -2.14. The minimum absolute atomic E-state index is 0.0348. The van der Waals surface area contributed by atoms with Crippen LogP contribution in [-0.2, 0) is 4.79 Å². The minimum atomic E-state index is -0.495. The topological polar surface area (TPSA) is 64.9 Å². The van der Waals surface area contributed by atoms with Crippen molar-refractivity contribution >= 4 is 44.8 Å². The Kier molecular flexibility index (Phi) is 5.80. The molecular weight excluding hydrogens is 378 g/mol. The minimum Gasteiger partial charge on any atom is -0.359 e. The van der Waals surface area contributed by atoms with Crippen LogP contribution in [0, 0.1) is 18.3 Å². The zero-order chi connectivity index (χ0) is 16.8. The predicted molar refractivity (Wildman–Crippen MR) is 96.3 cm³/mol. The van der Waals surface area contributed by atoms with Gasteiger partial charge in [0.15, 0.2) is 0 Å². The third-order valence-corrected chi connectivity index (χ3v) is 3.87. The smallest absolute Gasteiger partial charge is 0.267 e. The standard InChI is InChI=1S/C17H13BrClN3O/c1-11-2-7-16(15(18)8-11)21-10-12(9-20)17(23)22-14-5-3-13(19)4-6-14/h2-8,10,21H,1H3,(H,22,23)/b12-10-. The first-order chi connectivity index (χ1) is 11.0. The third-order valence-electron chi connectivity index (χ3n) is 2.96. The molecule has 0 aliphatic rings. The Hall–Kier alpha value is -2.29. The van der Waals surface area contributed by atoms with Crippen LogP contribution < -0.4 is 10.6 Å². The van der Waals surface area contributed by atoms with Crippen molar-refractivity contribution in [2.75, 3.05) is 10.6 Å². The summed E-state index contributed by atoms with van der Waals surface area (Å²) in [5.74, 6) is -0.495. The molecular formula is C17H13BrClN3O. The summed E-state index contributed by atoms with van der Waals surface area (Å²) in [6.07, 6.45) is 1.38. The highest BCUT2D eigenvalue weighted by Gasteiger charge is 2.09. The second-order valence-corrected chi connectivity index (χ2v) is 6.05. The van der Waals surface area contributed by atoms with Crippen LogP contribution >= 0.6 is 27.5 Å². The van der Waals surface area contributed by atoms with Crippen molar-refractivity contribution in [1.29, 1.82) is 5.26 Å². The van der Waals surface area contributed by atoms with Gasteiger partial charge in [-0.15, -0.1) is 0 Å². The van der Waals surface area contributed by atoms with Gasteiger partial charge in [0.05, 0.1) is 5.69 Å². The Balaban J connectivity index is 2.10. The Morgan fingerprint density at radius 3 is 2.57 bits per heavy atom. The van der Waals surface area contributed by atoms with E-state index < -0.39 is 5.91 Å². The molecule has 0 aliphatic heterocycles. The largest absolute Gasteiger partial charge is 0.359 e. The summed E-state index contributed by atoms with van der Waals surface area (Å²) in [4.78, 5) is 12.1. The number of hydrogen-bond acceptors (Lipinski definition) is 3. The van der Waals surface area contributed by atoms with Crippen molar-refractivity contribution < 1.29 is 4.79 Å². The zero-order valence-corrected chi connectivity index (χ0v) is 14.6. The normalized spacial score (nSPS) is 10.8. The molecule has 1 amide bonds. The van der Waals surface area contributed by atoms with Crippen LogP contribution in [0.4, 0.5) is 11.4 Å². The van der Waals surface area contributed by atoms with Gasteiger partial charge in [0.2, 0.25) is 0 Å². The molecule has 0 heterocycles. The van der Waals surface area contributed by atoms with E-state index in [2.05, 4.69) is 26.6 Å². The van der Waals surface area contributed by atoms with E-state index in [0.717, 1.165) is 15.7 Å². The quantitative estimate of drug-likeness (QED) is 0.578. The van der Waals surface area contributed by atoms with E-state index in [1.54, 1.807) is 24.3 Å². The van der Waals surface area contributed by atoms with Gasteiger partial charge in [0.25, 0.3) is 5.91 Å². The highest BCUT2D eigenvalue weighted by Crippen LogP contribution is 2.23. The van der Waals surface area contributed by atoms with Crippen molar-refractivity contribution in [3.63, 3.8) is 0 Å². The van der Waals surface area contributed by atoms with Crippen molar-refractivity contribution in [3.05, 3.63) is 69.3 Å². The molecule has 0 spiro atoms. The van der Waals surface area contributed by atoms with Gasteiger partial charge in [-0.25, -0.2) is 0 Å². The Labute approximate surface area is 147 Å². The summed E-state index contributed by atoms with van der Waals surface area (Å²) in [5.41, 5.74) is 2.40. The number of benzene rings is 2. The molecule has 2 aromatic carbocycles. The lowest BCUT2D eigenvalue weighted by Gasteiger charge is -2.07. The van der Waals surface area contributed by atoms with Gasteiger partial charge in [-0.1, -0.05) is 17.7 Å². The van der Waals surface area contributed by atoms with E-state index in [-0.39, 0.29) is 5.57 Å². The molecule has 23 heavy (non-hydrogen) atoms. The summed E-state index contributed by atoms with van der Waals surface area (Å²) in [6, 6.07) is 14.3. The maximum absolute atomic E-state index is 12.1. The number of hydrogen-bond donors (Lipinski definition) is 2. The second kappa shape index (κ2) is 7.82. The number of aryl methyl sites for hydroxylation is 1. The molecule has 0 aromatic heterocycles. The fourth-order valence-corrected chi connectivity index (χ4v) is 2.50. The van der Waals surface area contributed by atoms with E-state index >= 15 is 0 Å². The molecule has 0 fully saturated rings. The highest BCUT2D eigenvalue weighted by molar-refractivity contribution is 9.10. The van der Waals surface area contributed by atoms with Crippen LogP contribution in [0.25, 0.3) is 0 Å². The Bertz CT molecular complexity index is 794. The molecule has 0 aliphatic carbocycles. The summed E-state index contributed by atoms with van der Waals surface area (Å²) >= 11 is 9.22. The average molecular weight is 391 g/mol. The zero-order valence-electron chi connectivity index (χ0n) is 12.2. The molecule has 116 valence electrons. The van der Waals surface area contributed by atoms with Crippen LogP contribution in [0.2, 0.25) is 5.02 Å². The molecule has 0 radical (unpaired) electrons. The monoisotopic (exact) mass is 389 g/mol. The molecule has 0 unspecified atom stereocenters. The molecule has 2 N–H and O–H groups in total. The van der Waals surface area contributed by atoms with Gasteiger partial charge in [-0.2, -0.15) is 5.26 Å². The second-order valence-electron chi connectivity index (χ2n) is 4.76. The maximum Gasteiger partial charge on any atom is 0.267 e. The number of nitriles is 1. The highest BCUT2D eigenvalue weighted by atomic mass is 79.9. The predicted octanol–water partition coefficient (Wildman–Crippen LogP) is 4.87. The average Bonchev–Trinajstić information content (AvgIpc) is 2.52. The summed E-state index contributed by atoms with van der Waals surface area (Å²) in [5, 5.41) is 15.3.